The van der Waals surface area contributed by atoms with Crippen molar-refractivity contribution in [3.8, 4) is 20.7 Å². The highest BCUT2D eigenvalue weighted by Gasteiger charge is 2.26. The van der Waals surface area contributed by atoms with Gasteiger partial charge in [0.05, 0.1) is 20.9 Å². The molecule has 3 aromatic heterocycles. The molecule has 1 fully saturated rings. The number of hydrogen-bond donors (Lipinski definition) is 1. The molecule has 1 saturated heterocycles. The Bertz CT molecular complexity index is 862. The Morgan fingerprint density at radius 3 is 2.88 bits per heavy atom. The molecule has 25 heavy (non-hydrogen) atoms. The molecule has 0 saturated carbocycles. The average Bonchev–Trinajstić information content (AvgIpc) is 3.27. The Balaban J connectivity index is 0.00000182. The number of piperazine rings is 1. The molecule has 6 nitrogen and oxygen atoms in total. The van der Waals surface area contributed by atoms with Crippen molar-refractivity contribution in [3.05, 3.63) is 28.0 Å². The topological polar surface area (TPSA) is 67.1 Å². The first-order chi connectivity index (χ1) is 11.6. The van der Waals surface area contributed by atoms with Crippen LogP contribution in [0.3, 0.4) is 0 Å². The van der Waals surface area contributed by atoms with Crippen LogP contribution in [0.25, 0.3) is 20.7 Å². The lowest BCUT2D eigenvalue weighted by atomic mass is 10.2. The third kappa shape index (κ3) is 3.74. The molecular formula is C15H17Cl2N5OS2. The summed E-state index contributed by atoms with van der Waals surface area (Å²) in [5, 5.41) is 8.48. The summed E-state index contributed by atoms with van der Waals surface area (Å²) in [5.41, 5.74) is 0.893. The third-order valence-corrected chi connectivity index (χ3v) is 6.57. The minimum absolute atomic E-state index is 0. The smallest absolute Gasteiger partial charge is 0.269 e. The summed E-state index contributed by atoms with van der Waals surface area (Å²) in [6.07, 6.45) is 0. The number of aryl methyl sites for hydroxylation is 1. The Morgan fingerprint density at radius 1 is 1.32 bits per heavy atom. The molecule has 0 aromatic carbocycles. The molecular weight excluding hydrogens is 401 g/mol. The van der Waals surface area contributed by atoms with Crippen LogP contribution >= 0.6 is 46.7 Å². The lowest BCUT2D eigenvalue weighted by molar-refractivity contribution is 0.190. The van der Waals surface area contributed by atoms with Gasteiger partial charge in [0.1, 0.15) is 9.88 Å². The normalized spacial score (nSPS) is 18.3. The second-order valence-electron chi connectivity index (χ2n) is 5.70. The molecule has 1 atom stereocenters. The Morgan fingerprint density at radius 2 is 2.16 bits per heavy atom. The second-order valence-corrected chi connectivity index (χ2v) is 8.41. The van der Waals surface area contributed by atoms with E-state index >= 15 is 0 Å². The van der Waals surface area contributed by atoms with Crippen molar-refractivity contribution in [3.63, 3.8) is 0 Å². The van der Waals surface area contributed by atoms with Crippen LogP contribution in [0.4, 0.5) is 0 Å². The quantitative estimate of drug-likeness (QED) is 0.697. The molecule has 0 spiro atoms. The third-order valence-electron chi connectivity index (χ3n) is 4.03. The van der Waals surface area contributed by atoms with E-state index in [-0.39, 0.29) is 18.4 Å². The molecule has 134 valence electrons. The number of hydrogen-bond acceptors (Lipinski definition) is 8. The van der Waals surface area contributed by atoms with Crippen LogP contribution in [0.15, 0.2) is 16.7 Å². The summed E-state index contributed by atoms with van der Waals surface area (Å²) in [6.45, 7) is 4.74. The summed E-state index contributed by atoms with van der Waals surface area (Å²) >= 11 is 9.09. The van der Waals surface area contributed by atoms with Crippen LogP contribution in [-0.2, 0) is 0 Å². The minimum atomic E-state index is 0. The molecule has 0 amide bonds. The van der Waals surface area contributed by atoms with Crippen molar-refractivity contribution < 1.29 is 4.52 Å². The molecule has 1 aliphatic heterocycles. The van der Waals surface area contributed by atoms with Crippen LogP contribution in [0, 0.1) is 6.92 Å². The summed E-state index contributed by atoms with van der Waals surface area (Å²) in [4.78, 5) is 13.5. The maximum atomic E-state index is 6.02. The number of nitrogens with one attached hydrogen (secondary N) is 1. The van der Waals surface area contributed by atoms with E-state index in [0.717, 1.165) is 44.4 Å². The van der Waals surface area contributed by atoms with E-state index in [9.17, 15) is 0 Å². The molecule has 0 bridgehead atoms. The van der Waals surface area contributed by atoms with Gasteiger partial charge in [0, 0.05) is 19.6 Å². The maximum Gasteiger partial charge on any atom is 0.269 e. The summed E-state index contributed by atoms with van der Waals surface area (Å²) < 4.78 is 6.28. The van der Waals surface area contributed by atoms with Gasteiger partial charge in [-0.3, -0.25) is 4.90 Å². The van der Waals surface area contributed by atoms with E-state index in [2.05, 4.69) is 32.4 Å². The molecule has 1 N–H and O–H groups in total. The van der Waals surface area contributed by atoms with Crippen molar-refractivity contribution >= 4 is 46.7 Å². The monoisotopic (exact) mass is 417 g/mol. The number of likely N-dealkylation sites (N-methyl/N-ethyl adjacent to an activating group) is 1. The summed E-state index contributed by atoms with van der Waals surface area (Å²) in [6, 6.07) is 4.01. The lowest BCUT2D eigenvalue weighted by Crippen LogP contribution is -2.44. The van der Waals surface area contributed by atoms with Gasteiger partial charge < -0.3 is 9.84 Å². The zero-order chi connectivity index (χ0) is 16.7. The Labute approximate surface area is 164 Å². The number of aromatic nitrogens is 3. The highest BCUT2D eigenvalue weighted by atomic mass is 35.5. The van der Waals surface area contributed by atoms with Crippen molar-refractivity contribution in [2.24, 2.45) is 0 Å². The first-order valence-electron chi connectivity index (χ1n) is 7.60. The van der Waals surface area contributed by atoms with Gasteiger partial charge in [0.15, 0.2) is 5.82 Å². The van der Waals surface area contributed by atoms with Gasteiger partial charge in [-0.25, -0.2) is 4.98 Å². The van der Waals surface area contributed by atoms with Gasteiger partial charge in [0.2, 0.25) is 0 Å². The highest BCUT2D eigenvalue weighted by molar-refractivity contribution is 7.25. The van der Waals surface area contributed by atoms with Gasteiger partial charge in [-0.15, -0.1) is 35.1 Å². The first-order valence-corrected chi connectivity index (χ1v) is 9.61. The highest BCUT2D eigenvalue weighted by Crippen LogP contribution is 2.38. The Kier molecular flexibility index (Phi) is 5.77. The zero-order valence-corrected chi connectivity index (χ0v) is 16.9. The van der Waals surface area contributed by atoms with E-state index in [1.54, 1.807) is 11.3 Å². The molecule has 4 heterocycles. The molecule has 0 aliphatic carbocycles. The molecule has 1 unspecified atom stereocenters. The van der Waals surface area contributed by atoms with Crippen LogP contribution in [0.1, 0.15) is 17.6 Å². The fraction of sp³-hybridized carbons (Fsp3) is 0.400. The largest absolute Gasteiger partial charge is 0.333 e. The van der Waals surface area contributed by atoms with Gasteiger partial charge in [-0.05, 0) is 26.1 Å². The van der Waals surface area contributed by atoms with Gasteiger partial charge in [0.25, 0.3) is 5.89 Å². The maximum absolute atomic E-state index is 6.02. The standard InChI is InChI=1S/C15H16ClN5OS2.ClH/c1-8-12(24-15(18-8)10-3-4-11(16)23-10)14-19-13(20-22-14)9-7-17-5-6-21(9)2;/h3-4,9,17H,5-7H2,1-2H3;1H. The molecule has 10 heteroatoms. The summed E-state index contributed by atoms with van der Waals surface area (Å²) in [7, 11) is 2.08. The fourth-order valence-electron chi connectivity index (χ4n) is 2.69. The van der Waals surface area contributed by atoms with Gasteiger partial charge in [-0.2, -0.15) is 4.98 Å². The van der Waals surface area contributed by atoms with E-state index in [1.807, 2.05) is 19.1 Å². The molecule has 4 rings (SSSR count). The number of halogens is 2. The fourth-order valence-corrected chi connectivity index (χ4v) is 4.77. The van der Waals surface area contributed by atoms with E-state index < -0.39 is 0 Å². The molecule has 3 aromatic rings. The SMILES string of the molecule is Cc1nc(-c2ccc(Cl)s2)sc1-c1nc(C2CNCCN2C)no1.Cl. The summed E-state index contributed by atoms with van der Waals surface area (Å²) in [5.74, 6) is 1.25. The zero-order valence-electron chi connectivity index (χ0n) is 13.7. The first kappa shape index (κ1) is 18.8. The molecule has 1 aliphatic rings. The van der Waals surface area contributed by atoms with Crippen LogP contribution in [-0.4, -0.2) is 46.7 Å². The lowest BCUT2D eigenvalue weighted by Gasteiger charge is -2.30. The van der Waals surface area contributed by atoms with Crippen LogP contribution in [0.2, 0.25) is 4.34 Å². The van der Waals surface area contributed by atoms with Crippen molar-refractivity contribution in [2.45, 2.75) is 13.0 Å². The second kappa shape index (κ2) is 7.69. The van der Waals surface area contributed by atoms with Gasteiger partial charge in [-0.1, -0.05) is 16.8 Å². The van der Waals surface area contributed by atoms with Crippen LogP contribution < -0.4 is 5.32 Å². The number of thiazole rings is 1. The minimum Gasteiger partial charge on any atom is -0.333 e. The van der Waals surface area contributed by atoms with Crippen LogP contribution in [0.5, 0.6) is 0 Å². The van der Waals surface area contributed by atoms with E-state index in [4.69, 9.17) is 16.1 Å². The van der Waals surface area contributed by atoms with Crippen molar-refractivity contribution in [1.82, 2.24) is 25.3 Å². The number of rotatable bonds is 3. The van der Waals surface area contributed by atoms with E-state index in [1.165, 1.54) is 11.3 Å². The molecule has 0 radical (unpaired) electrons. The van der Waals surface area contributed by atoms with Crippen molar-refractivity contribution in [1.29, 1.82) is 0 Å². The van der Waals surface area contributed by atoms with E-state index in [0.29, 0.717) is 11.7 Å². The Hall–Kier alpha value is -1.03. The average molecular weight is 418 g/mol. The predicted octanol–water partition coefficient (Wildman–Crippen LogP) is 3.88. The number of nitrogens with zero attached hydrogens (tertiary/aromatic N) is 4. The number of thiophene rings is 1. The predicted molar refractivity (Wildman–Crippen MR) is 104 cm³/mol. The van der Waals surface area contributed by atoms with Crippen molar-refractivity contribution in [2.75, 3.05) is 26.7 Å². The van der Waals surface area contributed by atoms with Gasteiger partial charge >= 0.3 is 0 Å².